The van der Waals surface area contributed by atoms with Crippen LogP contribution in [-0.4, -0.2) is 13.2 Å². The van der Waals surface area contributed by atoms with Gasteiger partial charge in [0.1, 0.15) is 17.6 Å². The number of fused-ring (bicyclic) bond motifs is 6. The lowest BCUT2D eigenvalue weighted by Crippen LogP contribution is -2.30. The van der Waals surface area contributed by atoms with Gasteiger partial charge in [0.15, 0.2) is 0 Å². The second kappa shape index (κ2) is 4.54. The van der Waals surface area contributed by atoms with Crippen LogP contribution in [0.5, 0.6) is 5.75 Å². The SMILES string of the molecule is COC1=CC2Oc3ccccc3C2C2=C1c1ccccc1C2(C)C. The Morgan fingerprint density at radius 3 is 2.58 bits per heavy atom. The summed E-state index contributed by atoms with van der Waals surface area (Å²) >= 11 is 0. The minimum absolute atomic E-state index is 0.0182. The summed E-state index contributed by atoms with van der Waals surface area (Å²) in [5, 5.41) is 0. The largest absolute Gasteiger partial charge is 0.496 e. The lowest BCUT2D eigenvalue weighted by Gasteiger charge is -2.33. The Bertz CT molecular complexity index is 917. The van der Waals surface area contributed by atoms with E-state index in [9.17, 15) is 0 Å². The van der Waals surface area contributed by atoms with Crippen molar-refractivity contribution in [3.05, 3.63) is 82.6 Å². The molecule has 120 valence electrons. The number of methoxy groups -OCH3 is 1. The molecule has 2 atom stereocenters. The average molecular weight is 316 g/mol. The number of rotatable bonds is 1. The molecule has 0 saturated carbocycles. The molecule has 0 spiro atoms. The van der Waals surface area contributed by atoms with E-state index in [-0.39, 0.29) is 17.4 Å². The van der Waals surface area contributed by atoms with E-state index in [0.29, 0.717) is 0 Å². The molecule has 1 aliphatic heterocycles. The molecule has 0 saturated heterocycles. The van der Waals surface area contributed by atoms with Crippen LogP contribution in [0.15, 0.2) is 65.9 Å². The maximum Gasteiger partial charge on any atom is 0.131 e. The normalized spacial score (nSPS) is 25.2. The van der Waals surface area contributed by atoms with Crippen LogP contribution in [-0.2, 0) is 10.2 Å². The van der Waals surface area contributed by atoms with E-state index in [0.717, 1.165) is 11.5 Å². The second-order valence-corrected chi connectivity index (χ2v) is 7.29. The topological polar surface area (TPSA) is 18.5 Å². The zero-order valence-electron chi connectivity index (χ0n) is 14.2. The summed E-state index contributed by atoms with van der Waals surface area (Å²) in [4.78, 5) is 0. The molecule has 3 aliphatic rings. The van der Waals surface area contributed by atoms with Gasteiger partial charge in [-0.05, 0) is 28.8 Å². The minimum atomic E-state index is -0.0340. The van der Waals surface area contributed by atoms with Crippen molar-refractivity contribution in [1.29, 1.82) is 0 Å². The van der Waals surface area contributed by atoms with Crippen molar-refractivity contribution in [3.63, 3.8) is 0 Å². The van der Waals surface area contributed by atoms with E-state index in [2.05, 4.69) is 62.4 Å². The first-order chi connectivity index (χ1) is 11.6. The summed E-state index contributed by atoms with van der Waals surface area (Å²) in [5.74, 6) is 2.20. The Hall–Kier alpha value is -2.48. The Kier molecular flexibility index (Phi) is 2.63. The van der Waals surface area contributed by atoms with Crippen LogP contribution in [0.25, 0.3) is 5.57 Å². The molecular formula is C22H20O2. The van der Waals surface area contributed by atoms with Crippen LogP contribution in [0.2, 0.25) is 0 Å². The van der Waals surface area contributed by atoms with Crippen LogP contribution in [0.4, 0.5) is 0 Å². The molecule has 1 heterocycles. The number of benzene rings is 2. The number of hydrogen-bond acceptors (Lipinski definition) is 2. The monoisotopic (exact) mass is 316 g/mol. The van der Waals surface area contributed by atoms with E-state index in [1.807, 2.05) is 6.07 Å². The van der Waals surface area contributed by atoms with Crippen LogP contribution in [0.1, 0.15) is 36.5 Å². The van der Waals surface area contributed by atoms with Gasteiger partial charge in [-0.3, -0.25) is 0 Å². The van der Waals surface area contributed by atoms with Gasteiger partial charge in [0.2, 0.25) is 0 Å². The lowest BCUT2D eigenvalue weighted by molar-refractivity contribution is 0.239. The lowest BCUT2D eigenvalue weighted by atomic mass is 9.70. The molecule has 2 unspecified atom stereocenters. The summed E-state index contributed by atoms with van der Waals surface area (Å²) in [5.41, 5.74) is 6.63. The van der Waals surface area contributed by atoms with Gasteiger partial charge >= 0.3 is 0 Å². The molecule has 5 rings (SSSR count). The Morgan fingerprint density at radius 2 is 1.75 bits per heavy atom. The minimum Gasteiger partial charge on any atom is -0.496 e. The third-order valence-corrected chi connectivity index (χ3v) is 5.75. The first kappa shape index (κ1) is 13.9. The fourth-order valence-corrected chi connectivity index (χ4v) is 4.75. The molecule has 2 aromatic rings. The van der Waals surface area contributed by atoms with Gasteiger partial charge in [-0.25, -0.2) is 0 Å². The summed E-state index contributed by atoms with van der Waals surface area (Å²) in [6.07, 6.45) is 2.17. The summed E-state index contributed by atoms with van der Waals surface area (Å²) in [7, 11) is 1.76. The van der Waals surface area contributed by atoms with E-state index in [1.165, 1.54) is 27.8 Å². The highest BCUT2D eigenvalue weighted by Gasteiger charge is 2.50. The zero-order valence-corrected chi connectivity index (χ0v) is 14.2. The Morgan fingerprint density at radius 1 is 1.00 bits per heavy atom. The second-order valence-electron chi connectivity index (χ2n) is 7.29. The van der Waals surface area contributed by atoms with Gasteiger partial charge in [-0.1, -0.05) is 56.3 Å². The van der Waals surface area contributed by atoms with Gasteiger partial charge in [0, 0.05) is 16.6 Å². The quantitative estimate of drug-likeness (QED) is 0.751. The molecule has 24 heavy (non-hydrogen) atoms. The van der Waals surface area contributed by atoms with Crippen LogP contribution in [0, 0.1) is 0 Å². The predicted octanol–water partition coefficient (Wildman–Crippen LogP) is 4.82. The maximum atomic E-state index is 6.25. The third-order valence-electron chi connectivity index (χ3n) is 5.75. The molecular weight excluding hydrogens is 296 g/mol. The number of hydrogen-bond donors (Lipinski definition) is 0. The predicted molar refractivity (Wildman–Crippen MR) is 95.1 cm³/mol. The summed E-state index contributed by atoms with van der Waals surface area (Å²) in [6, 6.07) is 17.1. The van der Waals surface area contributed by atoms with Crippen molar-refractivity contribution in [3.8, 4) is 5.75 Å². The molecule has 0 radical (unpaired) electrons. The Balaban J connectivity index is 1.82. The highest BCUT2D eigenvalue weighted by atomic mass is 16.5. The van der Waals surface area contributed by atoms with Crippen LogP contribution < -0.4 is 4.74 Å². The maximum absolute atomic E-state index is 6.25. The van der Waals surface area contributed by atoms with E-state index in [4.69, 9.17) is 9.47 Å². The van der Waals surface area contributed by atoms with Crippen molar-refractivity contribution >= 4 is 5.57 Å². The molecule has 0 fully saturated rings. The van der Waals surface area contributed by atoms with Crippen molar-refractivity contribution in [1.82, 2.24) is 0 Å². The van der Waals surface area contributed by atoms with Crippen LogP contribution in [0.3, 0.4) is 0 Å². The third kappa shape index (κ3) is 1.56. The van der Waals surface area contributed by atoms with Gasteiger partial charge < -0.3 is 9.47 Å². The molecule has 2 aromatic carbocycles. The van der Waals surface area contributed by atoms with E-state index in [1.54, 1.807) is 7.11 Å². The fraction of sp³-hybridized carbons (Fsp3) is 0.273. The van der Waals surface area contributed by atoms with Gasteiger partial charge in [-0.2, -0.15) is 0 Å². The molecule has 2 heteroatoms. The first-order valence-electron chi connectivity index (χ1n) is 8.49. The summed E-state index contributed by atoms with van der Waals surface area (Å²) in [6.45, 7) is 4.65. The number of para-hydroxylation sites is 1. The van der Waals surface area contributed by atoms with E-state index < -0.39 is 0 Å². The highest BCUT2D eigenvalue weighted by molar-refractivity contribution is 5.91. The van der Waals surface area contributed by atoms with Crippen molar-refractivity contribution < 1.29 is 9.47 Å². The molecule has 2 nitrogen and oxygen atoms in total. The number of ether oxygens (including phenoxy) is 2. The first-order valence-corrected chi connectivity index (χ1v) is 8.49. The smallest absolute Gasteiger partial charge is 0.131 e. The highest BCUT2D eigenvalue weighted by Crippen LogP contribution is 2.59. The van der Waals surface area contributed by atoms with Crippen molar-refractivity contribution in [2.24, 2.45) is 0 Å². The van der Waals surface area contributed by atoms with Crippen molar-refractivity contribution in [2.75, 3.05) is 7.11 Å². The van der Waals surface area contributed by atoms with Gasteiger partial charge in [-0.15, -0.1) is 0 Å². The molecule has 2 aliphatic carbocycles. The Labute approximate surface area is 142 Å². The van der Waals surface area contributed by atoms with Crippen molar-refractivity contribution in [2.45, 2.75) is 31.3 Å². The standard InChI is InChI=1S/C22H20O2/c1-22(2)15-10-6-4-8-13(15)19-17(23-3)12-18-20(21(19)22)14-9-5-7-11-16(14)24-18/h4-12,18,20H,1-3H3. The van der Waals surface area contributed by atoms with Crippen LogP contribution >= 0.6 is 0 Å². The number of allylic oxidation sites excluding steroid dienone is 1. The van der Waals surface area contributed by atoms with Gasteiger partial charge in [0.05, 0.1) is 13.0 Å². The zero-order chi connectivity index (χ0) is 16.5. The molecule has 0 N–H and O–H groups in total. The average Bonchev–Trinajstić information content (AvgIpc) is 3.08. The fourth-order valence-electron chi connectivity index (χ4n) is 4.75. The van der Waals surface area contributed by atoms with Gasteiger partial charge in [0.25, 0.3) is 0 Å². The molecule has 0 amide bonds. The summed E-state index contributed by atoms with van der Waals surface area (Å²) < 4.78 is 12.0. The molecule has 0 aromatic heterocycles. The molecule has 0 bridgehead atoms. The van der Waals surface area contributed by atoms with E-state index >= 15 is 0 Å².